The van der Waals surface area contributed by atoms with Crippen LogP contribution >= 0.6 is 0 Å². The molecular formula is C22H19N3O4S. The van der Waals surface area contributed by atoms with Gasteiger partial charge in [-0.25, -0.2) is 8.42 Å². The number of rotatable bonds is 4. The van der Waals surface area contributed by atoms with Crippen LogP contribution in [0.1, 0.15) is 27.5 Å². The molecule has 0 spiro atoms. The number of ketones is 1. The summed E-state index contributed by atoms with van der Waals surface area (Å²) in [5.74, 6) is 0.981. The summed E-state index contributed by atoms with van der Waals surface area (Å²) in [4.78, 5) is 13.5. The van der Waals surface area contributed by atoms with Gasteiger partial charge in [0, 0.05) is 28.4 Å². The predicted molar refractivity (Wildman–Crippen MR) is 113 cm³/mol. The monoisotopic (exact) mass is 421 g/mol. The molecule has 0 fully saturated rings. The fourth-order valence-electron chi connectivity index (χ4n) is 4.20. The molecule has 152 valence electrons. The molecule has 2 aromatic carbocycles. The fourth-order valence-corrected chi connectivity index (χ4v) is 5.87. The zero-order chi connectivity index (χ0) is 21.2. The van der Waals surface area contributed by atoms with Crippen LogP contribution in [0.5, 0.6) is 0 Å². The van der Waals surface area contributed by atoms with Gasteiger partial charge in [0.25, 0.3) is 10.0 Å². The second-order valence-electron chi connectivity index (χ2n) is 7.48. The number of hydrogen-bond donors (Lipinski definition) is 0. The van der Waals surface area contributed by atoms with Gasteiger partial charge in [0.1, 0.15) is 5.76 Å². The number of carbonyl (C=O) groups excluding carboxylic acids is 1. The number of benzene rings is 2. The van der Waals surface area contributed by atoms with Crippen molar-refractivity contribution in [2.24, 2.45) is 0 Å². The van der Waals surface area contributed by atoms with Crippen molar-refractivity contribution in [3.05, 3.63) is 71.2 Å². The molecule has 0 unspecified atom stereocenters. The van der Waals surface area contributed by atoms with Crippen molar-refractivity contribution in [3.63, 3.8) is 0 Å². The third kappa shape index (κ3) is 2.53. The first-order valence-corrected chi connectivity index (χ1v) is 10.9. The minimum atomic E-state index is -3.79. The largest absolute Gasteiger partial charge is 0.360 e. The molecular weight excluding hydrogens is 402 g/mol. The Balaban J connectivity index is 1.55. The van der Waals surface area contributed by atoms with E-state index in [2.05, 4.69) is 5.16 Å². The van der Waals surface area contributed by atoms with Crippen molar-refractivity contribution >= 4 is 32.3 Å². The SMILES string of the molecule is Cc1cc(-n2c(C)cc(C(=O)CN3c4cccc5cccc(c45)S3(=O)=O)c2C)no1. The van der Waals surface area contributed by atoms with Crippen LogP contribution in [-0.4, -0.2) is 30.5 Å². The maximum absolute atomic E-state index is 13.2. The zero-order valence-electron chi connectivity index (χ0n) is 16.7. The number of carbonyl (C=O) groups is 1. The van der Waals surface area contributed by atoms with E-state index in [0.717, 1.165) is 11.1 Å². The van der Waals surface area contributed by atoms with Crippen LogP contribution in [0.15, 0.2) is 57.9 Å². The topological polar surface area (TPSA) is 85.4 Å². The smallest absolute Gasteiger partial charge is 0.265 e. The molecule has 0 amide bonds. The number of Topliss-reactive ketones (excluding diaryl/α,β-unsaturated/α-hetero) is 1. The zero-order valence-corrected chi connectivity index (χ0v) is 17.5. The average Bonchev–Trinajstić information content (AvgIpc) is 3.32. The van der Waals surface area contributed by atoms with Crippen LogP contribution in [0.25, 0.3) is 16.6 Å². The molecule has 4 aromatic rings. The lowest BCUT2D eigenvalue weighted by molar-refractivity contribution is 0.100. The third-order valence-corrected chi connectivity index (χ3v) is 7.35. The van der Waals surface area contributed by atoms with E-state index in [1.165, 1.54) is 4.31 Å². The fraction of sp³-hybridized carbons (Fsp3) is 0.182. The Bertz CT molecular complexity index is 1440. The lowest BCUT2D eigenvalue weighted by atomic mass is 10.1. The van der Waals surface area contributed by atoms with Gasteiger partial charge in [-0.1, -0.05) is 29.4 Å². The Labute approximate surface area is 173 Å². The molecule has 7 nitrogen and oxygen atoms in total. The Hall–Kier alpha value is -3.39. The van der Waals surface area contributed by atoms with Crippen molar-refractivity contribution in [1.29, 1.82) is 0 Å². The molecule has 0 saturated carbocycles. The maximum atomic E-state index is 13.2. The number of anilines is 1. The van der Waals surface area contributed by atoms with E-state index in [9.17, 15) is 13.2 Å². The van der Waals surface area contributed by atoms with E-state index in [0.29, 0.717) is 33.9 Å². The van der Waals surface area contributed by atoms with Crippen molar-refractivity contribution in [2.45, 2.75) is 25.7 Å². The molecule has 1 aliphatic rings. The summed E-state index contributed by atoms with van der Waals surface area (Å²) in [5.41, 5.74) is 2.51. The van der Waals surface area contributed by atoms with Crippen molar-refractivity contribution < 1.29 is 17.7 Å². The third-order valence-electron chi connectivity index (χ3n) is 5.54. The van der Waals surface area contributed by atoms with Gasteiger partial charge in [0.2, 0.25) is 0 Å². The molecule has 8 heteroatoms. The van der Waals surface area contributed by atoms with Gasteiger partial charge < -0.3 is 4.52 Å². The quantitative estimate of drug-likeness (QED) is 0.466. The number of sulfonamides is 1. The van der Waals surface area contributed by atoms with E-state index >= 15 is 0 Å². The first-order chi connectivity index (χ1) is 14.3. The van der Waals surface area contributed by atoms with Crippen LogP contribution < -0.4 is 4.31 Å². The highest BCUT2D eigenvalue weighted by Crippen LogP contribution is 2.42. The number of nitrogens with zero attached hydrogens (tertiary/aromatic N) is 3. The van der Waals surface area contributed by atoms with Gasteiger partial charge in [0.05, 0.1) is 17.1 Å². The summed E-state index contributed by atoms with van der Waals surface area (Å²) in [7, 11) is -3.79. The highest BCUT2D eigenvalue weighted by atomic mass is 32.2. The van der Waals surface area contributed by atoms with Crippen LogP contribution in [0.2, 0.25) is 0 Å². The summed E-state index contributed by atoms with van der Waals surface area (Å²) < 4.78 is 34.5. The van der Waals surface area contributed by atoms with Gasteiger partial charge in [-0.05, 0) is 44.4 Å². The number of aromatic nitrogens is 2. The Morgan fingerprint density at radius 2 is 1.80 bits per heavy atom. The summed E-state index contributed by atoms with van der Waals surface area (Å²) >= 11 is 0. The van der Waals surface area contributed by atoms with Crippen LogP contribution in [-0.2, 0) is 10.0 Å². The Morgan fingerprint density at radius 3 is 2.50 bits per heavy atom. The van der Waals surface area contributed by atoms with Gasteiger partial charge in [0.15, 0.2) is 11.6 Å². The molecule has 0 bridgehead atoms. The van der Waals surface area contributed by atoms with Gasteiger partial charge in [-0.3, -0.25) is 13.7 Å². The van der Waals surface area contributed by atoms with Crippen LogP contribution in [0, 0.1) is 20.8 Å². The molecule has 30 heavy (non-hydrogen) atoms. The van der Waals surface area contributed by atoms with Crippen LogP contribution in [0.4, 0.5) is 5.69 Å². The maximum Gasteiger partial charge on any atom is 0.265 e. The Morgan fingerprint density at radius 1 is 1.07 bits per heavy atom. The van der Waals surface area contributed by atoms with Crippen molar-refractivity contribution in [3.8, 4) is 5.82 Å². The standard InChI is InChI=1S/C22H19N3O4S/c1-13-10-17(15(3)25(13)21-11-14(2)29-23-21)19(26)12-24-18-8-4-6-16-7-5-9-20(22(16)18)30(24,27)28/h4-11H,12H2,1-3H3. The average molecular weight is 421 g/mol. The number of hydrogen-bond acceptors (Lipinski definition) is 5. The molecule has 0 N–H and O–H groups in total. The molecule has 0 aliphatic carbocycles. The van der Waals surface area contributed by atoms with Gasteiger partial charge in [-0.2, -0.15) is 0 Å². The molecule has 2 aromatic heterocycles. The van der Waals surface area contributed by atoms with E-state index in [1.807, 2.05) is 30.5 Å². The molecule has 5 rings (SSSR count). The van der Waals surface area contributed by atoms with Crippen LogP contribution in [0.3, 0.4) is 0 Å². The van der Waals surface area contributed by atoms with E-state index in [1.54, 1.807) is 43.3 Å². The first kappa shape index (κ1) is 18.6. The summed E-state index contributed by atoms with van der Waals surface area (Å²) in [5, 5.41) is 5.53. The second-order valence-corrected chi connectivity index (χ2v) is 9.31. The van der Waals surface area contributed by atoms with Gasteiger partial charge in [-0.15, -0.1) is 0 Å². The molecule has 0 atom stereocenters. The molecule has 1 aliphatic heterocycles. The molecule has 0 saturated heterocycles. The molecule has 0 radical (unpaired) electrons. The first-order valence-electron chi connectivity index (χ1n) is 9.49. The number of aryl methyl sites for hydroxylation is 2. The Kier molecular flexibility index (Phi) is 3.91. The summed E-state index contributed by atoms with van der Waals surface area (Å²) in [6, 6.07) is 14.1. The highest BCUT2D eigenvalue weighted by Gasteiger charge is 2.37. The summed E-state index contributed by atoms with van der Waals surface area (Å²) in [6.45, 7) is 5.22. The normalized spacial score (nSPS) is 14.6. The van der Waals surface area contributed by atoms with E-state index in [4.69, 9.17) is 4.52 Å². The predicted octanol–water partition coefficient (Wildman–Crippen LogP) is 3.94. The summed E-state index contributed by atoms with van der Waals surface area (Å²) in [6.07, 6.45) is 0. The minimum absolute atomic E-state index is 0.243. The van der Waals surface area contributed by atoms with Crippen molar-refractivity contribution in [1.82, 2.24) is 9.72 Å². The van der Waals surface area contributed by atoms with E-state index < -0.39 is 10.0 Å². The second kappa shape index (κ2) is 6.30. The highest BCUT2D eigenvalue weighted by molar-refractivity contribution is 7.93. The lowest BCUT2D eigenvalue weighted by Crippen LogP contribution is -2.33. The van der Waals surface area contributed by atoms with E-state index in [-0.39, 0.29) is 17.2 Å². The molecule has 3 heterocycles. The minimum Gasteiger partial charge on any atom is -0.360 e. The van der Waals surface area contributed by atoms with Crippen molar-refractivity contribution in [2.75, 3.05) is 10.8 Å². The lowest BCUT2D eigenvalue weighted by Gasteiger charge is -2.18. The van der Waals surface area contributed by atoms with Gasteiger partial charge >= 0.3 is 0 Å².